The number of aryl methyl sites for hydroxylation is 1. The quantitative estimate of drug-likeness (QED) is 0.810. The van der Waals surface area contributed by atoms with Gasteiger partial charge in [0.05, 0.1) is 5.69 Å². The van der Waals surface area contributed by atoms with Crippen molar-refractivity contribution in [3.8, 4) is 0 Å². The Morgan fingerprint density at radius 1 is 1.28 bits per heavy atom. The molecular formula is C13H23FN4. The maximum Gasteiger partial charge on any atom is 0.187 e. The fraction of sp³-hybridized carbons (Fsp3) is 0.692. The molecule has 0 unspecified atom stereocenters. The monoisotopic (exact) mass is 254 g/mol. The van der Waals surface area contributed by atoms with Crippen molar-refractivity contribution < 1.29 is 4.39 Å². The second kappa shape index (κ2) is 7.26. The lowest BCUT2D eigenvalue weighted by atomic mass is 10.1. The number of hydrogen-bond acceptors (Lipinski definition) is 4. The smallest absolute Gasteiger partial charge is 0.187 e. The lowest BCUT2D eigenvalue weighted by Gasteiger charge is -2.31. The third kappa shape index (κ3) is 3.16. The molecule has 0 bridgehead atoms. The molecule has 0 aromatic carbocycles. The maximum absolute atomic E-state index is 14.3. The fourth-order valence-electron chi connectivity index (χ4n) is 2.17. The van der Waals surface area contributed by atoms with E-state index in [1.54, 1.807) is 0 Å². The van der Waals surface area contributed by atoms with Crippen LogP contribution in [-0.2, 0) is 6.42 Å². The molecule has 0 aliphatic heterocycles. The molecule has 0 saturated carbocycles. The summed E-state index contributed by atoms with van der Waals surface area (Å²) in [6.07, 6.45) is 3.90. The van der Waals surface area contributed by atoms with Gasteiger partial charge in [-0.2, -0.15) is 0 Å². The first-order valence-corrected chi connectivity index (χ1v) is 6.65. The van der Waals surface area contributed by atoms with E-state index in [1.165, 1.54) is 6.33 Å². The summed E-state index contributed by atoms with van der Waals surface area (Å²) in [7, 11) is 0. The number of anilines is 1. The highest BCUT2D eigenvalue weighted by molar-refractivity contribution is 5.42. The van der Waals surface area contributed by atoms with E-state index in [0.717, 1.165) is 12.8 Å². The highest BCUT2D eigenvalue weighted by Gasteiger charge is 2.21. The van der Waals surface area contributed by atoms with Crippen LogP contribution in [0.4, 0.5) is 10.2 Å². The predicted molar refractivity (Wildman–Crippen MR) is 72.1 cm³/mol. The normalized spacial score (nSPS) is 11.0. The molecule has 4 nitrogen and oxygen atoms in total. The first-order valence-electron chi connectivity index (χ1n) is 6.65. The van der Waals surface area contributed by atoms with Gasteiger partial charge in [0.1, 0.15) is 6.33 Å². The van der Waals surface area contributed by atoms with Crippen molar-refractivity contribution in [2.24, 2.45) is 5.73 Å². The lowest BCUT2D eigenvalue weighted by Crippen LogP contribution is -2.39. The third-order valence-electron chi connectivity index (χ3n) is 3.20. The van der Waals surface area contributed by atoms with Crippen LogP contribution in [0.5, 0.6) is 0 Å². The first kappa shape index (κ1) is 14.8. The second-order valence-electron chi connectivity index (χ2n) is 4.26. The van der Waals surface area contributed by atoms with Crippen LogP contribution < -0.4 is 10.6 Å². The highest BCUT2D eigenvalue weighted by atomic mass is 19.1. The van der Waals surface area contributed by atoms with Gasteiger partial charge in [-0.05, 0) is 19.3 Å². The Bertz CT molecular complexity index is 366. The van der Waals surface area contributed by atoms with Crippen LogP contribution in [0.15, 0.2) is 6.33 Å². The molecule has 0 fully saturated rings. The van der Waals surface area contributed by atoms with E-state index in [2.05, 4.69) is 23.8 Å². The van der Waals surface area contributed by atoms with Gasteiger partial charge in [0.15, 0.2) is 11.6 Å². The molecule has 0 spiro atoms. The Labute approximate surface area is 108 Å². The molecule has 0 aliphatic carbocycles. The Hall–Kier alpha value is -1.23. The number of rotatable bonds is 7. The number of aromatic nitrogens is 2. The topological polar surface area (TPSA) is 55.0 Å². The molecule has 0 amide bonds. The van der Waals surface area contributed by atoms with Gasteiger partial charge >= 0.3 is 0 Å². The highest BCUT2D eigenvalue weighted by Crippen LogP contribution is 2.22. The van der Waals surface area contributed by atoms with Crippen molar-refractivity contribution in [2.75, 3.05) is 18.0 Å². The van der Waals surface area contributed by atoms with Gasteiger partial charge < -0.3 is 10.6 Å². The van der Waals surface area contributed by atoms with Crippen LogP contribution in [0.2, 0.25) is 0 Å². The van der Waals surface area contributed by atoms with Gasteiger partial charge in [0, 0.05) is 19.1 Å². The summed E-state index contributed by atoms with van der Waals surface area (Å²) in [6, 6.07) is 0.266. The van der Waals surface area contributed by atoms with Gasteiger partial charge in [-0.3, -0.25) is 0 Å². The molecule has 18 heavy (non-hydrogen) atoms. The summed E-state index contributed by atoms with van der Waals surface area (Å²) < 4.78 is 14.3. The Balaban J connectivity index is 3.12. The van der Waals surface area contributed by atoms with E-state index in [1.807, 2.05) is 11.8 Å². The summed E-state index contributed by atoms with van der Waals surface area (Å²) in [5, 5.41) is 0. The molecule has 0 aliphatic rings. The van der Waals surface area contributed by atoms with Gasteiger partial charge in [0.25, 0.3) is 0 Å². The number of nitrogens with two attached hydrogens (primary N) is 1. The minimum atomic E-state index is -0.305. The average molecular weight is 254 g/mol. The second-order valence-corrected chi connectivity index (χ2v) is 4.26. The average Bonchev–Trinajstić information content (AvgIpc) is 2.39. The summed E-state index contributed by atoms with van der Waals surface area (Å²) >= 11 is 0. The minimum absolute atomic E-state index is 0.266. The minimum Gasteiger partial charge on any atom is -0.350 e. The zero-order valence-corrected chi connectivity index (χ0v) is 11.5. The molecular weight excluding hydrogens is 231 g/mol. The van der Waals surface area contributed by atoms with Gasteiger partial charge in [-0.25, -0.2) is 14.4 Å². The molecule has 0 radical (unpaired) electrons. The van der Waals surface area contributed by atoms with Crippen LogP contribution in [0.25, 0.3) is 0 Å². The van der Waals surface area contributed by atoms with Crippen LogP contribution in [0.3, 0.4) is 0 Å². The number of nitrogens with zero attached hydrogens (tertiary/aromatic N) is 3. The summed E-state index contributed by atoms with van der Waals surface area (Å²) in [5.74, 6) is 0.0846. The van der Waals surface area contributed by atoms with Gasteiger partial charge in [-0.1, -0.05) is 20.8 Å². The van der Waals surface area contributed by atoms with E-state index >= 15 is 0 Å². The van der Waals surface area contributed by atoms with Crippen molar-refractivity contribution in [3.63, 3.8) is 0 Å². The predicted octanol–water partition coefficient (Wildman–Crippen LogP) is 2.13. The van der Waals surface area contributed by atoms with E-state index in [4.69, 9.17) is 5.73 Å². The SMILES string of the molecule is CCc1ncnc(N(CCN)C(CC)CC)c1F. The zero-order chi connectivity index (χ0) is 13.5. The number of halogens is 1. The van der Waals surface area contributed by atoms with Gasteiger partial charge in [0.2, 0.25) is 0 Å². The summed E-state index contributed by atoms with van der Waals surface area (Å²) in [6.45, 7) is 7.18. The van der Waals surface area contributed by atoms with Crippen molar-refractivity contribution in [3.05, 3.63) is 17.8 Å². The summed E-state index contributed by atoms with van der Waals surface area (Å²) in [5.41, 5.74) is 6.09. The van der Waals surface area contributed by atoms with Crippen LogP contribution >= 0.6 is 0 Å². The fourth-order valence-corrected chi connectivity index (χ4v) is 2.17. The lowest BCUT2D eigenvalue weighted by molar-refractivity contribution is 0.524. The van der Waals surface area contributed by atoms with Crippen molar-refractivity contribution in [1.82, 2.24) is 9.97 Å². The van der Waals surface area contributed by atoms with Gasteiger partial charge in [-0.15, -0.1) is 0 Å². The van der Waals surface area contributed by atoms with Crippen molar-refractivity contribution in [1.29, 1.82) is 0 Å². The van der Waals surface area contributed by atoms with E-state index in [9.17, 15) is 4.39 Å². The van der Waals surface area contributed by atoms with Crippen molar-refractivity contribution in [2.45, 2.75) is 46.1 Å². The molecule has 1 aromatic rings. The Morgan fingerprint density at radius 2 is 1.94 bits per heavy atom. The van der Waals surface area contributed by atoms with Crippen LogP contribution in [0, 0.1) is 5.82 Å². The van der Waals surface area contributed by atoms with E-state index in [-0.39, 0.29) is 11.9 Å². The molecule has 0 saturated heterocycles. The summed E-state index contributed by atoms with van der Waals surface area (Å²) in [4.78, 5) is 10.0. The van der Waals surface area contributed by atoms with Crippen LogP contribution in [-0.4, -0.2) is 29.1 Å². The molecule has 5 heteroatoms. The third-order valence-corrected chi connectivity index (χ3v) is 3.20. The Morgan fingerprint density at radius 3 is 2.44 bits per heavy atom. The zero-order valence-electron chi connectivity index (χ0n) is 11.5. The standard InChI is InChI=1S/C13H23FN4/c1-4-10(5-2)18(8-7-15)13-12(14)11(6-3)16-9-17-13/h9-10H,4-8,15H2,1-3H3. The molecule has 0 atom stereocenters. The Kier molecular flexibility index (Phi) is 5.98. The van der Waals surface area contributed by atoms with Crippen molar-refractivity contribution >= 4 is 5.82 Å². The van der Waals surface area contributed by atoms with E-state index < -0.39 is 0 Å². The van der Waals surface area contributed by atoms with Crippen LogP contribution in [0.1, 0.15) is 39.3 Å². The molecule has 1 rings (SSSR count). The first-order chi connectivity index (χ1) is 8.69. The maximum atomic E-state index is 14.3. The molecule has 2 N–H and O–H groups in total. The number of hydrogen-bond donors (Lipinski definition) is 1. The molecule has 1 heterocycles. The molecule has 1 aromatic heterocycles. The largest absolute Gasteiger partial charge is 0.350 e. The van der Waals surface area contributed by atoms with E-state index in [0.29, 0.717) is 31.0 Å². The molecule has 102 valence electrons.